The van der Waals surface area contributed by atoms with Crippen LogP contribution in [0.4, 0.5) is 0 Å². The van der Waals surface area contributed by atoms with E-state index in [0.29, 0.717) is 0 Å². The van der Waals surface area contributed by atoms with Crippen molar-refractivity contribution in [1.29, 1.82) is 0 Å². The molecule has 1 aliphatic heterocycles. The highest BCUT2D eigenvalue weighted by molar-refractivity contribution is 7.10. The maximum Gasteiger partial charge on any atom is 0.0605 e. The number of hydrogen-bond acceptors (Lipinski definition) is 2. The third-order valence-corrected chi connectivity index (χ3v) is 3.32. The SMILES string of the molecule is c1cc2n(c1)-c1ccsc1CNC2. The first-order valence-electron chi connectivity index (χ1n) is 4.39. The van der Waals surface area contributed by atoms with Gasteiger partial charge in [0.2, 0.25) is 0 Å². The predicted molar refractivity (Wildman–Crippen MR) is 54.2 cm³/mol. The second kappa shape index (κ2) is 2.72. The van der Waals surface area contributed by atoms with Crippen molar-refractivity contribution in [1.82, 2.24) is 9.88 Å². The van der Waals surface area contributed by atoms with E-state index in [2.05, 4.69) is 39.7 Å². The number of nitrogens with one attached hydrogen (secondary N) is 1. The molecule has 1 N–H and O–H groups in total. The average molecular weight is 190 g/mol. The molecule has 0 aromatic carbocycles. The second-order valence-electron chi connectivity index (χ2n) is 3.20. The van der Waals surface area contributed by atoms with Crippen LogP contribution in [0.5, 0.6) is 0 Å². The van der Waals surface area contributed by atoms with Crippen molar-refractivity contribution in [3.63, 3.8) is 0 Å². The summed E-state index contributed by atoms with van der Waals surface area (Å²) in [7, 11) is 0. The van der Waals surface area contributed by atoms with Crippen molar-refractivity contribution in [2.75, 3.05) is 0 Å². The normalized spacial score (nSPS) is 14.8. The Kier molecular flexibility index (Phi) is 1.54. The van der Waals surface area contributed by atoms with Gasteiger partial charge < -0.3 is 9.88 Å². The number of rotatable bonds is 0. The molecule has 2 nitrogen and oxygen atoms in total. The van der Waals surface area contributed by atoms with Crippen molar-refractivity contribution in [2.24, 2.45) is 0 Å². The molecule has 0 atom stereocenters. The number of thiophene rings is 1. The lowest BCUT2D eigenvalue weighted by Crippen LogP contribution is -2.09. The number of nitrogens with zero attached hydrogens (tertiary/aromatic N) is 1. The molecule has 0 saturated carbocycles. The minimum absolute atomic E-state index is 0.967. The summed E-state index contributed by atoms with van der Waals surface area (Å²) < 4.78 is 2.27. The Hall–Kier alpha value is -1.06. The van der Waals surface area contributed by atoms with Crippen LogP contribution in [-0.4, -0.2) is 4.57 Å². The van der Waals surface area contributed by atoms with Crippen LogP contribution >= 0.6 is 11.3 Å². The van der Waals surface area contributed by atoms with Crippen molar-refractivity contribution in [2.45, 2.75) is 13.1 Å². The molecule has 0 saturated heterocycles. The molecule has 3 heterocycles. The van der Waals surface area contributed by atoms with Crippen molar-refractivity contribution >= 4 is 11.3 Å². The summed E-state index contributed by atoms with van der Waals surface area (Å²) in [4.78, 5) is 1.43. The number of hydrogen-bond donors (Lipinski definition) is 1. The van der Waals surface area contributed by atoms with Gasteiger partial charge >= 0.3 is 0 Å². The molecule has 0 fully saturated rings. The smallest absolute Gasteiger partial charge is 0.0605 e. The molecular weight excluding hydrogens is 180 g/mol. The molecule has 2 aromatic heterocycles. The summed E-state index contributed by atoms with van der Waals surface area (Å²) in [5.74, 6) is 0. The van der Waals surface area contributed by atoms with Gasteiger partial charge in [0.15, 0.2) is 0 Å². The minimum atomic E-state index is 0.967. The van der Waals surface area contributed by atoms with Gasteiger partial charge in [-0.25, -0.2) is 0 Å². The second-order valence-corrected chi connectivity index (χ2v) is 4.20. The molecule has 3 heteroatoms. The number of aromatic nitrogens is 1. The first-order chi connectivity index (χ1) is 6.45. The van der Waals surface area contributed by atoms with Crippen LogP contribution in [-0.2, 0) is 13.1 Å². The van der Waals surface area contributed by atoms with Gasteiger partial charge in [-0.15, -0.1) is 11.3 Å². The molecule has 66 valence electrons. The van der Waals surface area contributed by atoms with E-state index in [0.717, 1.165) is 13.1 Å². The van der Waals surface area contributed by atoms with E-state index in [9.17, 15) is 0 Å². The quantitative estimate of drug-likeness (QED) is 0.673. The Labute approximate surface area is 80.8 Å². The molecule has 0 bridgehead atoms. The van der Waals surface area contributed by atoms with Gasteiger partial charge in [-0.2, -0.15) is 0 Å². The van der Waals surface area contributed by atoms with Crippen LogP contribution in [0.15, 0.2) is 29.8 Å². The average Bonchev–Trinajstić information content (AvgIpc) is 2.72. The zero-order valence-corrected chi connectivity index (χ0v) is 7.97. The molecule has 3 rings (SSSR count). The highest BCUT2D eigenvalue weighted by Crippen LogP contribution is 2.25. The topological polar surface area (TPSA) is 17.0 Å². The molecule has 0 aliphatic carbocycles. The van der Waals surface area contributed by atoms with Crippen molar-refractivity contribution in [3.05, 3.63) is 40.3 Å². The van der Waals surface area contributed by atoms with Crippen LogP contribution in [0.1, 0.15) is 10.6 Å². The summed E-state index contributed by atoms with van der Waals surface area (Å²) in [5, 5.41) is 5.58. The van der Waals surface area contributed by atoms with Crippen molar-refractivity contribution in [3.8, 4) is 5.69 Å². The van der Waals surface area contributed by atoms with E-state index < -0.39 is 0 Å². The standard InChI is InChI=1S/C10H10N2S/c1-2-8-6-11-7-10-9(3-5-13-10)12(8)4-1/h1-5,11H,6-7H2. The fourth-order valence-corrected chi connectivity index (χ4v) is 2.61. The lowest BCUT2D eigenvalue weighted by atomic mass is 10.4. The molecule has 1 aliphatic rings. The summed E-state index contributed by atoms with van der Waals surface area (Å²) in [6.07, 6.45) is 2.13. The molecule has 0 radical (unpaired) electrons. The lowest BCUT2D eigenvalue weighted by Gasteiger charge is -2.03. The Morgan fingerprint density at radius 1 is 1.31 bits per heavy atom. The molecular formula is C10H10N2S. The largest absolute Gasteiger partial charge is 0.318 e. The molecule has 2 aromatic rings. The highest BCUT2D eigenvalue weighted by Gasteiger charge is 2.12. The van der Waals surface area contributed by atoms with E-state index in [1.54, 1.807) is 0 Å². The van der Waals surface area contributed by atoms with E-state index in [4.69, 9.17) is 0 Å². The van der Waals surface area contributed by atoms with Gasteiger partial charge in [-0.3, -0.25) is 0 Å². The van der Waals surface area contributed by atoms with Gasteiger partial charge in [0.05, 0.1) is 5.69 Å². The summed E-state index contributed by atoms with van der Waals surface area (Å²) in [5.41, 5.74) is 2.69. The third-order valence-electron chi connectivity index (χ3n) is 2.41. The zero-order chi connectivity index (χ0) is 8.67. The highest BCUT2D eigenvalue weighted by atomic mass is 32.1. The lowest BCUT2D eigenvalue weighted by molar-refractivity contribution is 0.698. The van der Waals surface area contributed by atoms with Gasteiger partial charge in [0.25, 0.3) is 0 Å². The Morgan fingerprint density at radius 2 is 2.31 bits per heavy atom. The van der Waals surface area contributed by atoms with Crippen LogP contribution in [0.3, 0.4) is 0 Å². The monoisotopic (exact) mass is 190 g/mol. The molecule has 0 amide bonds. The molecule has 0 unspecified atom stereocenters. The van der Waals surface area contributed by atoms with Crippen molar-refractivity contribution < 1.29 is 0 Å². The molecule has 0 spiro atoms. The Morgan fingerprint density at radius 3 is 3.31 bits per heavy atom. The fourth-order valence-electron chi connectivity index (χ4n) is 1.78. The Bertz CT molecular complexity index is 387. The maximum atomic E-state index is 3.42. The van der Waals surface area contributed by atoms with Crippen LogP contribution < -0.4 is 5.32 Å². The number of fused-ring (bicyclic) bond motifs is 3. The van der Waals surface area contributed by atoms with Gasteiger partial charge in [0.1, 0.15) is 0 Å². The maximum absolute atomic E-state index is 3.42. The molecule has 13 heavy (non-hydrogen) atoms. The third kappa shape index (κ3) is 1.04. The van der Waals surface area contributed by atoms with Gasteiger partial charge in [-0.1, -0.05) is 0 Å². The summed E-state index contributed by atoms with van der Waals surface area (Å²) in [6.45, 7) is 1.96. The summed E-state index contributed by atoms with van der Waals surface area (Å²) in [6, 6.07) is 6.46. The van der Waals surface area contributed by atoms with Crippen LogP contribution in [0, 0.1) is 0 Å². The van der Waals surface area contributed by atoms with Gasteiger partial charge in [-0.05, 0) is 23.6 Å². The van der Waals surface area contributed by atoms with E-state index in [-0.39, 0.29) is 0 Å². The van der Waals surface area contributed by atoms with E-state index in [1.807, 2.05) is 11.3 Å². The van der Waals surface area contributed by atoms with Gasteiger partial charge in [0, 0.05) is 29.9 Å². The van der Waals surface area contributed by atoms with E-state index >= 15 is 0 Å². The predicted octanol–water partition coefficient (Wildman–Crippen LogP) is 2.14. The minimum Gasteiger partial charge on any atom is -0.318 e. The zero-order valence-electron chi connectivity index (χ0n) is 7.16. The first kappa shape index (κ1) is 7.35. The van der Waals surface area contributed by atoms with Crippen LogP contribution in [0.25, 0.3) is 5.69 Å². The fraction of sp³-hybridized carbons (Fsp3) is 0.200. The first-order valence-corrected chi connectivity index (χ1v) is 5.27. The van der Waals surface area contributed by atoms with E-state index in [1.165, 1.54) is 16.3 Å². The van der Waals surface area contributed by atoms with Crippen LogP contribution in [0.2, 0.25) is 0 Å². The summed E-state index contributed by atoms with van der Waals surface area (Å²) >= 11 is 1.82. The Balaban J connectivity index is 2.27.